The number of likely N-dealkylation sites (tertiary alicyclic amines) is 1. The first-order valence-electron chi connectivity index (χ1n) is 5.82. The van der Waals surface area contributed by atoms with Crippen molar-refractivity contribution in [2.75, 3.05) is 13.1 Å². The summed E-state index contributed by atoms with van der Waals surface area (Å²) in [6.07, 6.45) is 5.64. The second-order valence-corrected chi connectivity index (χ2v) is 4.42. The molecule has 2 heterocycles. The van der Waals surface area contributed by atoms with E-state index >= 15 is 0 Å². The molecule has 1 saturated heterocycles. The first-order valence-corrected chi connectivity index (χ1v) is 5.82. The number of rotatable bonds is 3. The third-order valence-electron chi connectivity index (χ3n) is 3.12. The Hall–Kier alpha value is -0.800. The van der Waals surface area contributed by atoms with Gasteiger partial charge in [0.25, 0.3) is 0 Å². The van der Waals surface area contributed by atoms with Crippen LogP contribution in [-0.2, 0) is 0 Å². The van der Waals surface area contributed by atoms with Gasteiger partial charge >= 0.3 is 0 Å². The molecule has 0 aliphatic carbocycles. The molecule has 0 amide bonds. The third kappa shape index (κ3) is 2.41. The van der Waals surface area contributed by atoms with Gasteiger partial charge in [0.05, 0.1) is 12.3 Å². The average Bonchev–Trinajstić information content (AvgIpc) is 2.72. The number of furan rings is 1. The number of piperidine rings is 1. The average molecular weight is 208 g/mol. The van der Waals surface area contributed by atoms with Crippen LogP contribution in [0.3, 0.4) is 0 Å². The maximum absolute atomic E-state index is 6.06. The summed E-state index contributed by atoms with van der Waals surface area (Å²) in [7, 11) is 0. The molecule has 0 saturated carbocycles. The Balaban J connectivity index is 2.12. The Morgan fingerprint density at radius 2 is 2.07 bits per heavy atom. The minimum absolute atomic E-state index is 0.120. The van der Waals surface area contributed by atoms with Gasteiger partial charge in [-0.2, -0.15) is 0 Å². The van der Waals surface area contributed by atoms with E-state index in [1.165, 1.54) is 19.3 Å². The van der Waals surface area contributed by atoms with E-state index in [1.54, 1.807) is 6.26 Å². The summed E-state index contributed by atoms with van der Waals surface area (Å²) in [5, 5.41) is 0. The Labute approximate surface area is 91.2 Å². The lowest BCUT2D eigenvalue weighted by Gasteiger charge is -2.35. The molecule has 3 heteroatoms. The molecule has 3 nitrogen and oxygen atoms in total. The molecule has 0 radical (unpaired) electrons. The second-order valence-electron chi connectivity index (χ2n) is 4.42. The molecule has 1 aromatic rings. The van der Waals surface area contributed by atoms with E-state index in [9.17, 15) is 0 Å². The molecule has 1 aromatic heterocycles. The fourth-order valence-electron chi connectivity index (χ4n) is 2.43. The first kappa shape index (κ1) is 10.7. The van der Waals surface area contributed by atoms with Gasteiger partial charge in [0, 0.05) is 6.04 Å². The molecule has 2 rings (SSSR count). The standard InChI is InChI=1S/C12H20N2O/c1-10(13)12(11-6-5-9-15-11)14-7-3-2-4-8-14/h5-6,9-10,12H,2-4,7-8,13H2,1H3. The predicted octanol–water partition coefficient (Wildman–Crippen LogP) is 2.15. The maximum atomic E-state index is 6.06. The molecular weight excluding hydrogens is 188 g/mol. The summed E-state index contributed by atoms with van der Waals surface area (Å²) in [6.45, 7) is 4.35. The highest BCUT2D eigenvalue weighted by atomic mass is 16.3. The minimum atomic E-state index is 0.120. The summed E-state index contributed by atoms with van der Waals surface area (Å²) in [4.78, 5) is 2.45. The molecule has 0 aromatic carbocycles. The van der Waals surface area contributed by atoms with Crippen molar-refractivity contribution in [2.24, 2.45) is 5.73 Å². The molecular formula is C12H20N2O. The lowest BCUT2D eigenvalue weighted by atomic mass is 10.0. The van der Waals surface area contributed by atoms with Crippen molar-refractivity contribution < 1.29 is 4.42 Å². The Morgan fingerprint density at radius 3 is 2.60 bits per heavy atom. The van der Waals surface area contributed by atoms with Crippen molar-refractivity contribution in [3.05, 3.63) is 24.2 Å². The van der Waals surface area contributed by atoms with Crippen molar-refractivity contribution >= 4 is 0 Å². The molecule has 1 aliphatic heterocycles. The van der Waals surface area contributed by atoms with Crippen LogP contribution in [0.2, 0.25) is 0 Å². The number of nitrogens with zero attached hydrogens (tertiary/aromatic N) is 1. The topological polar surface area (TPSA) is 42.4 Å². The van der Waals surface area contributed by atoms with Crippen LogP contribution in [0, 0.1) is 0 Å². The lowest BCUT2D eigenvalue weighted by molar-refractivity contribution is 0.129. The van der Waals surface area contributed by atoms with Gasteiger partial charge in [0.1, 0.15) is 5.76 Å². The Kier molecular flexibility index (Phi) is 3.44. The van der Waals surface area contributed by atoms with E-state index in [0.29, 0.717) is 0 Å². The van der Waals surface area contributed by atoms with E-state index in [4.69, 9.17) is 10.2 Å². The molecule has 15 heavy (non-hydrogen) atoms. The molecule has 0 bridgehead atoms. The van der Waals surface area contributed by atoms with Crippen LogP contribution < -0.4 is 5.73 Å². The quantitative estimate of drug-likeness (QED) is 0.827. The molecule has 2 N–H and O–H groups in total. The van der Waals surface area contributed by atoms with Gasteiger partial charge in [0.2, 0.25) is 0 Å². The molecule has 2 unspecified atom stereocenters. The summed E-state index contributed by atoms with van der Waals surface area (Å²) in [5.74, 6) is 1.01. The van der Waals surface area contributed by atoms with Crippen molar-refractivity contribution in [1.82, 2.24) is 4.90 Å². The van der Waals surface area contributed by atoms with E-state index in [0.717, 1.165) is 18.8 Å². The molecule has 0 spiro atoms. The molecule has 1 aliphatic rings. The predicted molar refractivity (Wildman–Crippen MR) is 60.5 cm³/mol. The van der Waals surface area contributed by atoms with Gasteiger partial charge in [-0.1, -0.05) is 6.42 Å². The van der Waals surface area contributed by atoms with Crippen LogP contribution in [0.4, 0.5) is 0 Å². The lowest BCUT2D eigenvalue weighted by Crippen LogP contribution is -2.42. The highest BCUT2D eigenvalue weighted by Gasteiger charge is 2.27. The zero-order valence-corrected chi connectivity index (χ0v) is 9.36. The SMILES string of the molecule is CC(N)C(c1ccco1)N1CCCCC1. The normalized spacial score (nSPS) is 22.5. The minimum Gasteiger partial charge on any atom is -0.468 e. The third-order valence-corrected chi connectivity index (χ3v) is 3.12. The van der Waals surface area contributed by atoms with Gasteiger partial charge in [-0.25, -0.2) is 0 Å². The van der Waals surface area contributed by atoms with Gasteiger partial charge in [-0.15, -0.1) is 0 Å². The van der Waals surface area contributed by atoms with Crippen LogP contribution in [0.25, 0.3) is 0 Å². The summed E-state index contributed by atoms with van der Waals surface area (Å²) in [5.41, 5.74) is 6.06. The molecule has 1 fully saturated rings. The molecule has 2 atom stereocenters. The second kappa shape index (κ2) is 4.81. The fourth-order valence-corrected chi connectivity index (χ4v) is 2.43. The van der Waals surface area contributed by atoms with Crippen molar-refractivity contribution in [3.63, 3.8) is 0 Å². The van der Waals surface area contributed by atoms with Crippen LogP contribution >= 0.6 is 0 Å². The van der Waals surface area contributed by atoms with Crippen molar-refractivity contribution in [2.45, 2.75) is 38.3 Å². The summed E-state index contributed by atoms with van der Waals surface area (Å²) >= 11 is 0. The zero-order chi connectivity index (χ0) is 10.7. The maximum Gasteiger partial charge on any atom is 0.122 e. The first-order chi connectivity index (χ1) is 7.29. The van der Waals surface area contributed by atoms with Crippen LogP contribution in [-0.4, -0.2) is 24.0 Å². The monoisotopic (exact) mass is 208 g/mol. The van der Waals surface area contributed by atoms with E-state index < -0.39 is 0 Å². The zero-order valence-electron chi connectivity index (χ0n) is 9.36. The van der Waals surface area contributed by atoms with E-state index in [1.807, 2.05) is 12.1 Å². The fraction of sp³-hybridized carbons (Fsp3) is 0.667. The number of hydrogen-bond donors (Lipinski definition) is 1. The Morgan fingerprint density at radius 1 is 1.33 bits per heavy atom. The van der Waals surface area contributed by atoms with Crippen LogP contribution in [0.5, 0.6) is 0 Å². The van der Waals surface area contributed by atoms with Gasteiger partial charge in [-0.05, 0) is 45.0 Å². The largest absolute Gasteiger partial charge is 0.468 e. The highest BCUT2D eigenvalue weighted by molar-refractivity contribution is 5.07. The Bertz CT molecular complexity index is 276. The van der Waals surface area contributed by atoms with Crippen LogP contribution in [0.1, 0.15) is 38.0 Å². The van der Waals surface area contributed by atoms with Gasteiger partial charge in [-0.3, -0.25) is 4.90 Å². The van der Waals surface area contributed by atoms with Gasteiger partial charge < -0.3 is 10.2 Å². The van der Waals surface area contributed by atoms with E-state index in [2.05, 4.69) is 11.8 Å². The molecule has 84 valence electrons. The van der Waals surface area contributed by atoms with Crippen molar-refractivity contribution in [1.29, 1.82) is 0 Å². The summed E-state index contributed by atoms with van der Waals surface area (Å²) < 4.78 is 5.49. The number of nitrogens with two attached hydrogens (primary N) is 1. The van der Waals surface area contributed by atoms with Crippen LogP contribution in [0.15, 0.2) is 22.8 Å². The number of hydrogen-bond acceptors (Lipinski definition) is 3. The van der Waals surface area contributed by atoms with E-state index in [-0.39, 0.29) is 12.1 Å². The summed E-state index contributed by atoms with van der Waals surface area (Å²) in [6, 6.07) is 4.34. The smallest absolute Gasteiger partial charge is 0.122 e. The van der Waals surface area contributed by atoms with Gasteiger partial charge in [0.15, 0.2) is 0 Å². The highest BCUT2D eigenvalue weighted by Crippen LogP contribution is 2.26. The van der Waals surface area contributed by atoms with Crippen molar-refractivity contribution in [3.8, 4) is 0 Å².